The van der Waals surface area contributed by atoms with E-state index >= 15 is 0 Å². The Balaban J connectivity index is 2.02. The molecule has 21 heavy (non-hydrogen) atoms. The number of nitrogens with one attached hydrogen (secondary N) is 1. The summed E-state index contributed by atoms with van der Waals surface area (Å²) in [7, 11) is 0. The lowest BCUT2D eigenvalue weighted by atomic mass is 10.0. The van der Waals surface area contributed by atoms with Crippen molar-refractivity contribution in [1.82, 2.24) is 4.98 Å². The summed E-state index contributed by atoms with van der Waals surface area (Å²) < 4.78 is 0. The normalized spacial score (nSPS) is 11.1. The van der Waals surface area contributed by atoms with Crippen LogP contribution in [-0.4, -0.2) is 4.98 Å². The standard InChI is InChI=1S/C19H14N2/c1-13-5-4-8-18(21-13)19-11-17-15(12-20-19)10-9-14-6-2-3-7-16(14)17/h2-12H,1H3/p+1. The molecule has 0 radical (unpaired) electrons. The van der Waals surface area contributed by atoms with E-state index in [1.807, 2.05) is 25.1 Å². The van der Waals surface area contributed by atoms with E-state index in [0.717, 1.165) is 17.1 Å². The summed E-state index contributed by atoms with van der Waals surface area (Å²) in [4.78, 5) is 7.96. The second kappa shape index (κ2) is 4.67. The molecule has 2 heteroatoms. The van der Waals surface area contributed by atoms with Gasteiger partial charge >= 0.3 is 0 Å². The zero-order valence-electron chi connectivity index (χ0n) is 11.8. The molecule has 2 aromatic carbocycles. The molecule has 0 aliphatic rings. The van der Waals surface area contributed by atoms with Gasteiger partial charge in [0, 0.05) is 22.5 Å². The smallest absolute Gasteiger partial charge is 0.230 e. The van der Waals surface area contributed by atoms with Crippen molar-refractivity contribution in [3.05, 3.63) is 72.6 Å². The predicted molar refractivity (Wildman–Crippen MR) is 86.0 cm³/mol. The molecular formula is C19H15N2+. The molecule has 0 aliphatic carbocycles. The summed E-state index contributed by atoms with van der Waals surface area (Å²) in [6.45, 7) is 2.01. The summed E-state index contributed by atoms with van der Waals surface area (Å²) in [5.74, 6) is 0. The number of rotatable bonds is 1. The molecular weight excluding hydrogens is 256 g/mol. The van der Waals surface area contributed by atoms with Crippen molar-refractivity contribution >= 4 is 21.5 Å². The fourth-order valence-electron chi connectivity index (χ4n) is 2.78. The van der Waals surface area contributed by atoms with E-state index < -0.39 is 0 Å². The number of aryl methyl sites for hydroxylation is 1. The van der Waals surface area contributed by atoms with Crippen molar-refractivity contribution in [2.75, 3.05) is 0 Å². The minimum Gasteiger partial charge on any atom is -0.247 e. The molecule has 2 nitrogen and oxygen atoms in total. The van der Waals surface area contributed by atoms with Crippen molar-refractivity contribution in [3.63, 3.8) is 0 Å². The number of aromatic amines is 1. The Morgan fingerprint density at radius 3 is 2.57 bits per heavy atom. The van der Waals surface area contributed by atoms with Gasteiger partial charge < -0.3 is 0 Å². The maximum Gasteiger partial charge on any atom is 0.230 e. The topological polar surface area (TPSA) is 27.0 Å². The van der Waals surface area contributed by atoms with Gasteiger partial charge in [-0.15, -0.1) is 0 Å². The lowest BCUT2D eigenvalue weighted by molar-refractivity contribution is -0.362. The molecule has 0 amide bonds. The van der Waals surface area contributed by atoms with E-state index in [1.165, 1.54) is 21.5 Å². The van der Waals surface area contributed by atoms with Crippen molar-refractivity contribution < 1.29 is 4.98 Å². The third-order valence-corrected chi connectivity index (χ3v) is 3.84. The Morgan fingerprint density at radius 1 is 0.810 bits per heavy atom. The van der Waals surface area contributed by atoms with Crippen LogP contribution in [0, 0.1) is 6.92 Å². The zero-order chi connectivity index (χ0) is 14.2. The highest BCUT2D eigenvalue weighted by Crippen LogP contribution is 2.26. The number of benzene rings is 2. The van der Waals surface area contributed by atoms with Gasteiger partial charge in [0.1, 0.15) is 5.69 Å². The summed E-state index contributed by atoms with van der Waals surface area (Å²) >= 11 is 0. The molecule has 100 valence electrons. The first kappa shape index (κ1) is 12.0. The van der Waals surface area contributed by atoms with E-state index in [4.69, 9.17) is 0 Å². The van der Waals surface area contributed by atoms with Crippen molar-refractivity contribution in [2.45, 2.75) is 6.92 Å². The number of fused-ring (bicyclic) bond motifs is 3. The fourth-order valence-corrected chi connectivity index (χ4v) is 2.78. The van der Waals surface area contributed by atoms with E-state index in [2.05, 4.69) is 58.6 Å². The highest BCUT2D eigenvalue weighted by Gasteiger charge is 2.10. The molecule has 0 fully saturated rings. The van der Waals surface area contributed by atoms with Crippen LogP contribution in [0.4, 0.5) is 0 Å². The van der Waals surface area contributed by atoms with Crippen LogP contribution in [0.5, 0.6) is 0 Å². The van der Waals surface area contributed by atoms with Gasteiger partial charge in [-0.05, 0) is 35.9 Å². The second-order valence-corrected chi connectivity index (χ2v) is 5.30. The Labute approximate surface area is 123 Å². The van der Waals surface area contributed by atoms with Crippen LogP contribution in [0.1, 0.15) is 5.69 Å². The maximum atomic E-state index is 4.60. The molecule has 1 N–H and O–H groups in total. The van der Waals surface area contributed by atoms with Crippen molar-refractivity contribution in [2.24, 2.45) is 0 Å². The SMILES string of the molecule is Cc1cccc(-c2cc3c(ccc4ccccc43)c[nH+]2)n1. The van der Waals surface area contributed by atoms with Gasteiger partial charge in [-0.3, -0.25) is 0 Å². The first-order valence-corrected chi connectivity index (χ1v) is 7.08. The molecule has 0 bridgehead atoms. The number of aromatic nitrogens is 2. The molecule has 0 atom stereocenters. The summed E-state index contributed by atoms with van der Waals surface area (Å²) in [6, 6.07) is 21.1. The van der Waals surface area contributed by atoms with Gasteiger partial charge in [0.2, 0.25) is 5.69 Å². The Morgan fingerprint density at radius 2 is 1.67 bits per heavy atom. The predicted octanol–water partition coefficient (Wildman–Crippen LogP) is 4.18. The van der Waals surface area contributed by atoms with Crippen LogP contribution in [0.25, 0.3) is 32.9 Å². The highest BCUT2D eigenvalue weighted by molar-refractivity contribution is 6.07. The first-order chi connectivity index (χ1) is 10.3. The van der Waals surface area contributed by atoms with Crippen LogP contribution >= 0.6 is 0 Å². The lowest BCUT2D eigenvalue weighted by Gasteiger charge is -2.03. The molecule has 4 aromatic rings. The summed E-state index contributed by atoms with van der Waals surface area (Å²) in [6.07, 6.45) is 2.06. The molecule has 0 saturated heterocycles. The average molecular weight is 271 g/mol. The average Bonchev–Trinajstić information content (AvgIpc) is 2.54. The number of H-pyrrole nitrogens is 1. The van der Waals surface area contributed by atoms with Gasteiger partial charge in [-0.1, -0.05) is 36.4 Å². The molecule has 0 aliphatic heterocycles. The third kappa shape index (κ3) is 2.05. The zero-order valence-corrected chi connectivity index (χ0v) is 11.8. The first-order valence-electron chi connectivity index (χ1n) is 7.08. The molecule has 0 unspecified atom stereocenters. The van der Waals surface area contributed by atoms with Crippen molar-refractivity contribution in [3.8, 4) is 11.4 Å². The third-order valence-electron chi connectivity index (χ3n) is 3.84. The number of nitrogens with zero attached hydrogens (tertiary/aromatic N) is 1. The second-order valence-electron chi connectivity index (χ2n) is 5.30. The van der Waals surface area contributed by atoms with Crippen LogP contribution in [0.15, 0.2) is 66.9 Å². The van der Waals surface area contributed by atoms with Crippen LogP contribution in [0.3, 0.4) is 0 Å². The van der Waals surface area contributed by atoms with Gasteiger partial charge in [0.15, 0.2) is 6.20 Å². The Kier molecular flexibility index (Phi) is 2.68. The highest BCUT2D eigenvalue weighted by atomic mass is 14.8. The van der Waals surface area contributed by atoms with Crippen LogP contribution in [-0.2, 0) is 0 Å². The Bertz CT molecular complexity index is 958. The molecule has 0 spiro atoms. The van der Waals surface area contributed by atoms with E-state index in [0.29, 0.717) is 0 Å². The van der Waals surface area contributed by atoms with Gasteiger partial charge in [0.25, 0.3) is 0 Å². The van der Waals surface area contributed by atoms with E-state index in [9.17, 15) is 0 Å². The minimum absolute atomic E-state index is 0.977. The van der Waals surface area contributed by atoms with Crippen molar-refractivity contribution in [1.29, 1.82) is 0 Å². The van der Waals surface area contributed by atoms with Crippen LogP contribution < -0.4 is 4.98 Å². The number of hydrogen-bond donors (Lipinski definition) is 0. The van der Waals surface area contributed by atoms with E-state index in [1.54, 1.807) is 0 Å². The quantitative estimate of drug-likeness (QED) is 0.477. The van der Waals surface area contributed by atoms with Gasteiger partial charge in [-0.2, -0.15) is 0 Å². The molecule has 2 aromatic heterocycles. The monoisotopic (exact) mass is 271 g/mol. The largest absolute Gasteiger partial charge is 0.247 e. The summed E-state index contributed by atoms with van der Waals surface area (Å²) in [5.41, 5.74) is 3.05. The fraction of sp³-hybridized carbons (Fsp3) is 0.0526. The lowest BCUT2D eigenvalue weighted by Crippen LogP contribution is -2.07. The van der Waals surface area contributed by atoms with Gasteiger partial charge in [0.05, 0.1) is 0 Å². The van der Waals surface area contributed by atoms with E-state index in [-0.39, 0.29) is 0 Å². The number of pyridine rings is 2. The minimum atomic E-state index is 0.977. The number of hydrogen-bond acceptors (Lipinski definition) is 1. The molecule has 0 saturated carbocycles. The van der Waals surface area contributed by atoms with Crippen LogP contribution in [0.2, 0.25) is 0 Å². The maximum absolute atomic E-state index is 4.60. The summed E-state index contributed by atoms with van der Waals surface area (Å²) in [5, 5.41) is 5.01. The molecule has 2 heterocycles. The molecule has 4 rings (SSSR count). The Hall–Kier alpha value is -2.74. The van der Waals surface area contributed by atoms with Gasteiger partial charge in [-0.25, -0.2) is 9.97 Å².